The molecule has 0 spiro atoms. The van der Waals surface area contributed by atoms with Gasteiger partial charge in [0, 0.05) is 37.8 Å². The van der Waals surface area contributed by atoms with Gasteiger partial charge in [0.05, 0.1) is 0 Å². The Morgan fingerprint density at radius 2 is 1.81 bits per heavy atom. The van der Waals surface area contributed by atoms with Crippen LogP contribution in [0.3, 0.4) is 0 Å². The van der Waals surface area contributed by atoms with Gasteiger partial charge in [-0.25, -0.2) is 0 Å². The van der Waals surface area contributed by atoms with Crippen molar-refractivity contribution in [2.75, 3.05) is 5.73 Å². The highest BCUT2D eigenvalue weighted by Gasteiger charge is 2.16. The summed E-state index contributed by atoms with van der Waals surface area (Å²) in [7, 11) is 0. The highest BCUT2D eigenvalue weighted by atomic mass is 127. The molecule has 6 heteroatoms. The number of aliphatic carboxylic acids is 1. The maximum Gasteiger partial charge on any atom is 0.195 e. The third-order valence-corrected chi connectivity index (χ3v) is 3.85. The lowest BCUT2D eigenvalue weighted by Crippen LogP contribution is -2.25. The summed E-state index contributed by atoms with van der Waals surface area (Å²) in [6, 6.07) is 9.84. The lowest BCUT2D eigenvalue weighted by Gasteiger charge is -2.12. The van der Waals surface area contributed by atoms with Gasteiger partial charge in [-0.15, -0.1) is 0 Å². The van der Waals surface area contributed by atoms with Crippen LogP contribution in [0, 0.1) is 3.57 Å². The number of ketones is 1. The monoisotopic (exact) mass is 414 g/mol. The minimum atomic E-state index is -1.28. The van der Waals surface area contributed by atoms with E-state index in [1.54, 1.807) is 24.3 Å². The number of benzene rings is 2. The molecular weight excluding hydrogens is 405 g/mol. The highest BCUT2D eigenvalue weighted by Crippen LogP contribution is 2.26. The molecule has 0 saturated heterocycles. The van der Waals surface area contributed by atoms with Crippen molar-refractivity contribution < 1.29 is 14.7 Å². The van der Waals surface area contributed by atoms with E-state index >= 15 is 0 Å². The molecule has 4 nitrogen and oxygen atoms in total. The first kappa shape index (κ1) is 15.8. The number of carbonyl (C=O) groups is 2. The molecule has 2 rings (SSSR count). The van der Waals surface area contributed by atoms with Crippen LogP contribution >= 0.6 is 34.2 Å². The Hall–Kier alpha value is -1.60. The number of hydrogen-bond donors (Lipinski definition) is 1. The maximum absolute atomic E-state index is 12.5. The van der Waals surface area contributed by atoms with Gasteiger partial charge in [-0.1, -0.05) is 11.6 Å². The van der Waals surface area contributed by atoms with Gasteiger partial charge in [-0.3, -0.25) is 4.79 Å². The molecule has 0 radical (unpaired) electrons. The summed E-state index contributed by atoms with van der Waals surface area (Å²) in [5.41, 5.74) is 6.94. The van der Waals surface area contributed by atoms with E-state index < -0.39 is 5.97 Å². The lowest BCUT2D eigenvalue weighted by atomic mass is 9.98. The Morgan fingerprint density at radius 1 is 1.19 bits per heavy atom. The van der Waals surface area contributed by atoms with Crippen LogP contribution in [0.15, 0.2) is 36.4 Å². The van der Waals surface area contributed by atoms with E-state index in [4.69, 9.17) is 17.3 Å². The molecule has 2 aromatic rings. The normalized spacial score (nSPS) is 10.4. The predicted octanol–water partition coefficient (Wildman–Crippen LogP) is 2.05. The zero-order valence-electron chi connectivity index (χ0n) is 10.7. The zero-order valence-corrected chi connectivity index (χ0v) is 13.6. The van der Waals surface area contributed by atoms with E-state index in [0.717, 1.165) is 3.57 Å². The summed E-state index contributed by atoms with van der Waals surface area (Å²) in [6.07, 6.45) is -0.390. The van der Waals surface area contributed by atoms with E-state index in [2.05, 4.69) is 22.6 Å². The van der Waals surface area contributed by atoms with Crippen LogP contribution in [-0.2, 0) is 11.2 Å². The molecule has 0 fully saturated rings. The van der Waals surface area contributed by atoms with Gasteiger partial charge in [-0.2, -0.15) is 0 Å². The lowest BCUT2D eigenvalue weighted by molar-refractivity contribution is -0.304. The molecule has 0 aliphatic heterocycles. The molecule has 0 atom stereocenters. The van der Waals surface area contributed by atoms with Crippen molar-refractivity contribution >= 4 is 51.6 Å². The standard InChI is InChI=1S/C15H11ClINO3/c16-10-5-9(6-13(19)20)14(18)12(7-10)15(21)8-1-3-11(17)4-2-8/h1-5,7H,6,18H2,(H,19,20)/p-1. The van der Waals surface area contributed by atoms with Crippen molar-refractivity contribution in [2.45, 2.75) is 6.42 Å². The zero-order chi connectivity index (χ0) is 15.6. The first-order chi connectivity index (χ1) is 9.88. The maximum atomic E-state index is 12.5. The molecule has 2 aromatic carbocycles. The van der Waals surface area contributed by atoms with Gasteiger partial charge >= 0.3 is 0 Å². The van der Waals surface area contributed by atoms with Gasteiger partial charge < -0.3 is 15.6 Å². The number of anilines is 1. The van der Waals surface area contributed by atoms with Gasteiger partial charge in [0.25, 0.3) is 0 Å². The largest absolute Gasteiger partial charge is 0.550 e. The molecule has 0 bridgehead atoms. The quantitative estimate of drug-likeness (QED) is 0.471. The van der Waals surface area contributed by atoms with E-state index in [0.29, 0.717) is 5.56 Å². The summed E-state index contributed by atoms with van der Waals surface area (Å²) in [6.45, 7) is 0. The molecule has 0 aliphatic rings. The Labute approximate surface area is 140 Å². The average Bonchev–Trinajstić information content (AvgIpc) is 2.42. The smallest absolute Gasteiger partial charge is 0.195 e. The van der Waals surface area contributed by atoms with E-state index in [1.165, 1.54) is 12.1 Å². The topological polar surface area (TPSA) is 83.2 Å². The van der Waals surface area contributed by atoms with Crippen molar-refractivity contribution in [3.05, 3.63) is 61.7 Å². The fourth-order valence-electron chi connectivity index (χ4n) is 1.92. The van der Waals surface area contributed by atoms with Crippen LogP contribution in [0.25, 0.3) is 0 Å². The Bertz CT molecular complexity index is 714. The SMILES string of the molecule is Nc1c(CC(=O)[O-])cc(Cl)cc1C(=O)c1ccc(I)cc1. The number of nitrogen functional groups attached to an aromatic ring is 1. The van der Waals surface area contributed by atoms with Crippen molar-refractivity contribution in [3.8, 4) is 0 Å². The van der Waals surface area contributed by atoms with Crippen LogP contribution in [-0.4, -0.2) is 11.8 Å². The van der Waals surface area contributed by atoms with Crippen LogP contribution in [0.1, 0.15) is 21.5 Å². The van der Waals surface area contributed by atoms with Crippen molar-refractivity contribution in [1.29, 1.82) is 0 Å². The van der Waals surface area contributed by atoms with E-state index in [1.807, 2.05) is 0 Å². The Balaban J connectivity index is 2.47. The van der Waals surface area contributed by atoms with Gasteiger partial charge in [0.2, 0.25) is 0 Å². The predicted molar refractivity (Wildman–Crippen MR) is 87.2 cm³/mol. The molecule has 2 N–H and O–H groups in total. The van der Waals surface area contributed by atoms with Crippen molar-refractivity contribution in [2.24, 2.45) is 0 Å². The first-order valence-electron chi connectivity index (χ1n) is 5.96. The summed E-state index contributed by atoms with van der Waals surface area (Å²) in [5.74, 6) is -1.58. The number of halogens is 2. The number of rotatable bonds is 4. The Kier molecular flexibility index (Phi) is 4.84. The fraction of sp³-hybridized carbons (Fsp3) is 0.0667. The second-order valence-corrected chi connectivity index (χ2v) is 6.09. The van der Waals surface area contributed by atoms with Crippen molar-refractivity contribution in [3.63, 3.8) is 0 Å². The number of nitrogens with two attached hydrogens (primary N) is 1. The minimum absolute atomic E-state index is 0.118. The number of hydrogen-bond acceptors (Lipinski definition) is 4. The summed E-state index contributed by atoms with van der Waals surface area (Å²) in [5, 5.41) is 11.0. The third-order valence-electron chi connectivity index (χ3n) is 2.92. The summed E-state index contributed by atoms with van der Waals surface area (Å²) in [4.78, 5) is 23.2. The van der Waals surface area contributed by atoms with Crippen LogP contribution in [0.2, 0.25) is 5.02 Å². The fourth-order valence-corrected chi connectivity index (χ4v) is 2.52. The van der Waals surface area contributed by atoms with E-state index in [9.17, 15) is 14.7 Å². The van der Waals surface area contributed by atoms with Crippen LogP contribution < -0.4 is 10.8 Å². The average molecular weight is 415 g/mol. The van der Waals surface area contributed by atoms with E-state index in [-0.39, 0.29) is 34.0 Å². The summed E-state index contributed by atoms with van der Waals surface area (Å²) < 4.78 is 1.00. The number of carboxylic acids is 1. The van der Waals surface area contributed by atoms with Gasteiger partial charge in [-0.05, 0) is 64.6 Å². The molecule has 0 heterocycles. The third kappa shape index (κ3) is 3.74. The van der Waals surface area contributed by atoms with Gasteiger partial charge in [0.1, 0.15) is 0 Å². The molecule has 0 amide bonds. The molecule has 0 saturated carbocycles. The van der Waals surface area contributed by atoms with Crippen molar-refractivity contribution in [1.82, 2.24) is 0 Å². The van der Waals surface area contributed by atoms with Gasteiger partial charge in [0.15, 0.2) is 5.78 Å². The molecule has 108 valence electrons. The molecule has 0 aromatic heterocycles. The molecule has 21 heavy (non-hydrogen) atoms. The molecular formula is C15H10ClINO3-. The minimum Gasteiger partial charge on any atom is -0.550 e. The first-order valence-corrected chi connectivity index (χ1v) is 7.42. The second-order valence-electron chi connectivity index (χ2n) is 4.41. The van der Waals surface area contributed by atoms with Crippen LogP contribution in [0.4, 0.5) is 5.69 Å². The van der Waals surface area contributed by atoms with Crippen LogP contribution in [0.5, 0.6) is 0 Å². The molecule has 0 unspecified atom stereocenters. The molecule has 0 aliphatic carbocycles. The highest BCUT2D eigenvalue weighted by molar-refractivity contribution is 14.1. The number of carboxylic acid groups (broad SMARTS) is 1. The second kappa shape index (κ2) is 6.44. The summed E-state index contributed by atoms with van der Waals surface area (Å²) >= 11 is 8.08. The Morgan fingerprint density at radius 3 is 2.38 bits per heavy atom. The number of carbonyl (C=O) groups excluding carboxylic acids is 2.